The molecule has 1 aliphatic carbocycles. The smallest absolute Gasteiger partial charge is 0.270 e. The normalized spacial score (nSPS) is 15.9. The van der Waals surface area contributed by atoms with Crippen LogP contribution >= 0.6 is 11.6 Å². The van der Waals surface area contributed by atoms with Crippen LogP contribution < -0.4 is 5.32 Å². The number of benzene rings is 1. The minimum absolute atomic E-state index is 0.0347. The molecule has 1 saturated carbocycles. The van der Waals surface area contributed by atoms with Gasteiger partial charge in [0.1, 0.15) is 0 Å². The molecule has 0 aromatic heterocycles. The summed E-state index contributed by atoms with van der Waals surface area (Å²) >= 11 is 5.84. The van der Waals surface area contributed by atoms with Crippen LogP contribution in [0, 0.1) is 22.5 Å². The van der Waals surface area contributed by atoms with Crippen LogP contribution in [0.3, 0.4) is 0 Å². The third-order valence-corrected chi connectivity index (χ3v) is 3.97. The van der Waals surface area contributed by atoms with Crippen molar-refractivity contribution < 1.29 is 9.72 Å². The Labute approximate surface area is 116 Å². The number of carbonyl (C=O) groups excluding carboxylic acids is 1. The van der Waals surface area contributed by atoms with Gasteiger partial charge in [0.25, 0.3) is 11.6 Å². The number of alkyl halides is 1. The van der Waals surface area contributed by atoms with Gasteiger partial charge in [-0.05, 0) is 31.4 Å². The molecular weight excluding hydrogens is 268 g/mol. The van der Waals surface area contributed by atoms with Crippen molar-refractivity contribution in [3.05, 3.63) is 39.4 Å². The first-order valence-electron chi connectivity index (χ1n) is 6.06. The number of rotatable bonds is 5. The van der Waals surface area contributed by atoms with Crippen molar-refractivity contribution in [2.45, 2.75) is 19.8 Å². The van der Waals surface area contributed by atoms with Crippen molar-refractivity contribution in [1.82, 2.24) is 5.32 Å². The molecule has 102 valence electrons. The highest BCUT2D eigenvalue weighted by Gasteiger charge is 2.41. The third-order valence-electron chi connectivity index (χ3n) is 3.40. The number of aryl methyl sites for hydroxylation is 1. The maximum atomic E-state index is 12.0. The summed E-state index contributed by atoms with van der Waals surface area (Å²) in [4.78, 5) is 22.2. The van der Waals surface area contributed by atoms with Crippen molar-refractivity contribution in [2.24, 2.45) is 5.41 Å². The van der Waals surface area contributed by atoms with Gasteiger partial charge < -0.3 is 5.32 Å². The van der Waals surface area contributed by atoms with Gasteiger partial charge in [-0.1, -0.05) is 0 Å². The molecule has 0 unspecified atom stereocenters. The summed E-state index contributed by atoms with van der Waals surface area (Å²) in [6, 6.07) is 4.38. The first kappa shape index (κ1) is 13.8. The Morgan fingerprint density at radius 1 is 1.47 bits per heavy atom. The topological polar surface area (TPSA) is 72.2 Å². The molecule has 1 amide bonds. The molecule has 0 spiro atoms. The number of nitrogens with one attached hydrogen (secondary N) is 1. The summed E-state index contributed by atoms with van der Waals surface area (Å²) in [5.41, 5.74) is 0.978. The van der Waals surface area contributed by atoms with Crippen molar-refractivity contribution in [2.75, 3.05) is 12.4 Å². The molecule has 1 aromatic rings. The predicted molar refractivity (Wildman–Crippen MR) is 72.6 cm³/mol. The summed E-state index contributed by atoms with van der Waals surface area (Å²) in [6.45, 7) is 2.25. The first-order valence-corrected chi connectivity index (χ1v) is 6.59. The minimum atomic E-state index is -0.495. The van der Waals surface area contributed by atoms with E-state index < -0.39 is 4.92 Å². The van der Waals surface area contributed by atoms with E-state index >= 15 is 0 Å². The van der Waals surface area contributed by atoms with Gasteiger partial charge in [0, 0.05) is 35.5 Å². The molecule has 0 bridgehead atoms. The summed E-state index contributed by atoms with van der Waals surface area (Å²) < 4.78 is 0. The van der Waals surface area contributed by atoms with Gasteiger partial charge in [-0.3, -0.25) is 14.9 Å². The molecule has 19 heavy (non-hydrogen) atoms. The van der Waals surface area contributed by atoms with E-state index in [4.69, 9.17) is 11.6 Å². The van der Waals surface area contributed by atoms with Crippen LogP contribution in [-0.2, 0) is 0 Å². The van der Waals surface area contributed by atoms with Crippen molar-refractivity contribution in [3.63, 3.8) is 0 Å². The summed E-state index contributed by atoms with van der Waals surface area (Å²) in [7, 11) is 0. The Morgan fingerprint density at radius 2 is 2.16 bits per heavy atom. The zero-order valence-corrected chi connectivity index (χ0v) is 11.4. The highest BCUT2D eigenvalue weighted by molar-refractivity contribution is 6.18. The second-order valence-electron chi connectivity index (χ2n) is 5.13. The van der Waals surface area contributed by atoms with E-state index in [9.17, 15) is 14.9 Å². The zero-order chi connectivity index (χ0) is 14.0. The number of hydrogen-bond acceptors (Lipinski definition) is 3. The average Bonchev–Trinajstić information content (AvgIpc) is 3.16. The highest BCUT2D eigenvalue weighted by atomic mass is 35.5. The highest BCUT2D eigenvalue weighted by Crippen LogP contribution is 2.45. The number of nitro benzene ring substituents is 1. The summed E-state index contributed by atoms with van der Waals surface area (Å²) in [5, 5.41) is 13.6. The van der Waals surface area contributed by atoms with Crippen LogP contribution in [0.2, 0.25) is 0 Å². The van der Waals surface area contributed by atoms with Crippen molar-refractivity contribution in [3.8, 4) is 0 Å². The Bertz CT molecular complexity index is 527. The number of nitro groups is 1. The van der Waals surface area contributed by atoms with Crippen LogP contribution in [-0.4, -0.2) is 23.3 Å². The van der Waals surface area contributed by atoms with E-state index in [1.807, 2.05) is 0 Å². The lowest BCUT2D eigenvalue weighted by Crippen LogP contribution is -2.31. The molecule has 1 aromatic carbocycles. The van der Waals surface area contributed by atoms with Crippen molar-refractivity contribution in [1.29, 1.82) is 0 Å². The maximum absolute atomic E-state index is 12.0. The Balaban J connectivity index is 2.08. The Hall–Kier alpha value is -1.62. The van der Waals surface area contributed by atoms with Gasteiger partial charge in [0.05, 0.1) is 4.92 Å². The van der Waals surface area contributed by atoms with E-state index in [0.717, 1.165) is 12.8 Å². The van der Waals surface area contributed by atoms with E-state index in [1.165, 1.54) is 12.1 Å². The lowest BCUT2D eigenvalue weighted by atomic mass is 10.1. The van der Waals surface area contributed by atoms with Crippen LogP contribution in [0.15, 0.2) is 18.2 Å². The fourth-order valence-electron chi connectivity index (χ4n) is 1.90. The van der Waals surface area contributed by atoms with E-state index in [-0.39, 0.29) is 17.0 Å². The first-order chi connectivity index (χ1) is 8.96. The molecule has 0 saturated heterocycles. The number of halogens is 1. The molecule has 1 aliphatic rings. The van der Waals surface area contributed by atoms with Crippen LogP contribution in [0.5, 0.6) is 0 Å². The number of non-ortho nitro benzene ring substituents is 1. The second-order valence-corrected chi connectivity index (χ2v) is 5.40. The minimum Gasteiger partial charge on any atom is -0.351 e. The Morgan fingerprint density at radius 3 is 2.68 bits per heavy atom. The van der Waals surface area contributed by atoms with Crippen LogP contribution in [0.25, 0.3) is 0 Å². The fourth-order valence-corrected chi connectivity index (χ4v) is 2.27. The molecule has 1 fully saturated rings. The van der Waals surface area contributed by atoms with Gasteiger partial charge in [0.2, 0.25) is 0 Å². The number of amides is 1. The van der Waals surface area contributed by atoms with E-state index in [0.29, 0.717) is 23.6 Å². The monoisotopic (exact) mass is 282 g/mol. The SMILES string of the molecule is Cc1cc(C(=O)NCC2(CCl)CC2)cc([N+](=O)[O-])c1. The number of hydrogen-bond donors (Lipinski definition) is 1. The van der Waals surface area contributed by atoms with Crippen LogP contribution in [0.4, 0.5) is 5.69 Å². The molecule has 6 heteroatoms. The van der Waals surface area contributed by atoms with Gasteiger partial charge in [0.15, 0.2) is 0 Å². The average molecular weight is 283 g/mol. The number of nitrogens with zero attached hydrogens (tertiary/aromatic N) is 1. The predicted octanol–water partition coefficient (Wildman–Crippen LogP) is 2.65. The summed E-state index contributed by atoms with van der Waals surface area (Å²) in [5.74, 6) is 0.240. The second kappa shape index (κ2) is 5.17. The molecular formula is C13H15ClN2O3. The van der Waals surface area contributed by atoms with Gasteiger partial charge in [-0.15, -0.1) is 11.6 Å². The van der Waals surface area contributed by atoms with E-state index in [1.54, 1.807) is 13.0 Å². The third kappa shape index (κ3) is 3.23. The molecule has 5 nitrogen and oxygen atoms in total. The van der Waals surface area contributed by atoms with Gasteiger partial charge in [-0.25, -0.2) is 0 Å². The Kier molecular flexibility index (Phi) is 3.75. The molecule has 0 heterocycles. The quantitative estimate of drug-likeness (QED) is 0.513. The van der Waals surface area contributed by atoms with Crippen molar-refractivity contribution >= 4 is 23.2 Å². The van der Waals surface area contributed by atoms with Crippen LogP contribution in [0.1, 0.15) is 28.8 Å². The molecule has 0 aliphatic heterocycles. The number of carbonyl (C=O) groups is 1. The lowest BCUT2D eigenvalue weighted by Gasteiger charge is -2.12. The molecule has 0 atom stereocenters. The molecule has 2 rings (SSSR count). The van der Waals surface area contributed by atoms with E-state index in [2.05, 4.69) is 5.32 Å². The molecule has 1 N–H and O–H groups in total. The maximum Gasteiger partial charge on any atom is 0.270 e. The summed E-state index contributed by atoms with van der Waals surface area (Å²) in [6.07, 6.45) is 2.04. The largest absolute Gasteiger partial charge is 0.351 e. The lowest BCUT2D eigenvalue weighted by molar-refractivity contribution is -0.384. The van der Waals surface area contributed by atoms with Gasteiger partial charge in [-0.2, -0.15) is 0 Å². The molecule has 0 radical (unpaired) electrons. The standard InChI is InChI=1S/C13H15ClN2O3/c1-9-4-10(6-11(5-9)16(18)19)12(17)15-8-13(7-14)2-3-13/h4-6H,2-3,7-8H2,1H3,(H,15,17). The fraction of sp³-hybridized carbons (Fsp3) is 0.462. The van der Waals surface area contributed by atoms with Gasteiger partial charge >= 0.3 is 0 Å². The zero-order valence-electron chi connectivity index (χ0n) is 10.6.